The van der Waals surface area contributed by atoms with Crippen molar-refractivity contribution in [1.29, 1.82) is 0 Å². The molecule has 1 aromatic heterocycles. The molecule has 8 heteroatoms. The van der Waals surface area contributed by atoms with Crippen molar-refractivity contribution in [2.24, 2.45) is 4.99 Å². The predicted octanol–water partition coefficient (Wildman–Crippen LogP) is 5.36. The molecule has 0 atom stereocenters. The number of aryl methyl sites for hydroxylation is 2. The fourth-order valence-corrected chi connectivity index (χ4v) is 4.49. The third-order valence-corrected chi connectivity index (χ3v) is 6.90. The first-order chi connectivity index (χ1) is 15.3. The van der Waals surface area contributed by atoms with E-state index in [0.717, 1.165) is 38.0 Å². The zero-order valence-corrected chi connectivity index (χ0v) is 20.6. The maximum Gasteiger partial charge on any atom is 0.677 e. The summed E-state index contributed by atoms with van der Waals surface area (Å²) in [5, 5.41) is 0. The van der Waals surface area contributed by atoms with Crippen LogP contribution in [0.15, 0.2) is 52.7 Å². The Hall–Kier alpha value is -2.44. The number of benzene rings is 1. The molecule has 4 nitrogen and oxygen atoms in total. The molecule has 2 aromatic rings. The summed E-state index contributed by atoms with van der Waals surface area (Å²) in [6.45, 7) is 15.5. The van der Waals surface area contributed by atoms with Gasteiger partial charge in [-0.1, -0.05) is 24.3 Å². The van der Waals surface area contributed by atoms with E-state index in [1.165, 1.54) is 0 Å². The minimum atomic E-state index is -2.65. The molecule has 3 heterocycles. The molecule has 0 spiro atoms. The van der Waals surface area contributed by atoms with Crippen LogP contribution in [-0.4, -0.2) is 35.9 Å². The van der Waals surface area contributed by atoms with Crippen molar-refractivity contribution < 1.29 is 17.9 Å². The molecule has 0 amide bonds. The highest BCUT2D eigenvalue weighted by molar-refractivity contribution is 6.62. The van der Waals surface area contributed by atoms with Gasteiger partial charge in [0.05, 0.1) is 16.9 Å². The lowest BCUT2D eigenvalue weighted by Crippen LogP contribution is -2.41. The van der Waals surface area contributed by atoms with Gasteiger partial charge >= 0.3 is 14.5 Å². The van der Waals surface area contributed by atoms with Crippen LogP contribution in [0.4, 0.5) is 8.63 Å². The molecular formula is C25H30B2F2N2O2. The lowest BCUT2D eigenvalue weighted by Gasteiger charge is -2.32. The van der Waals surface area contributed by atoms with E-state index in [1.54, 1.807) is 13.0 Å². The Morgan fingerprint density at radius 1 is 0.970 bits per heavy atom. The molecule has 1 fully saturated rings. The van der Waals surface area contributed by atoms with Crippen molar-refractivity contribution >= 4 is 31.3 Å². The minimum Gasteiger partial charge on any atom is -0.399 e. The first kappa shape index (κ1) is 23.7. The van der Waals surface area contributed by atoms with Crippen LogP contribution in [0.3, 0.4) is 0 Å². The van der Waals surface area contributed by atoms with Gasteiger partial charge in [0.1, 0.15) is 0 Å². The molecule has 0 N–H and O–H groups in total. The van der Waals surface area contributed by atoms with E-state index >= 15 is 0 Å². The zero-order chi connectivity index (χ0) is 24.3. The Morgan fingerprint density at radius 3 is 2.03 bits per heavy atom. The molecule has 0 saturated carbocycles. The van der Waals surface area contributed by atoms with E-state index in [2.05, 4.69) is 0 Å². The molecule has 2 aliphatic rings. The van der Waals surface area contributed by atoms with Crippen LogP contribution in [0.2, 0.25) is 0 Å². The van der Waals surface area contributed by atoms with Gasteiger partial charge in [-0.15, -0.1) is 0 Å². The topological polar surface area (TPSA) is 35.8 Å². The van der Waals surface area contributed by atoms with Gasteiger partial charge in [-0.3, -0.25) is 13.6 Å². The fourth-order valence-electron chi connectivity index (χ4n) is 4.49. The Balaban J connectivity index is 1.84. The van der Waals surface area contributed by atoms with Crippen molar-refractivity contribution in [3.63, 3.8) is 0 Å². The van der Waals surface area contributed by atoms with Gasteiger partial charge in [0.2, 0.25) is 0 Å². The number of hydrogen-bond donors (Lipinski definition) is 0. The van der Waals surface area contributed by atoms with Gasteiger partial charge < -0.3 is 13.8 Å². The second-order valence-corrected chi connectivity index (χ2v) is 9.98. The second-order valence-electron chi connectivity index (χ2n) is 9.98. The molecule has 0 unspecified atom stereocenters. The summed E-state index contributed by atoms with van der Waals surface area (Å²) in [5.74, 6) is 0. The Labute approximate surface area is 195 Å². The molecular weight excluding hydrogens is 420 g/mol. The van der Waals surface area contributed by atoms with Crippen LogP contribution >= 0.6 is 0 Å². The van der Waals surface area contributed by atoms with E-state index in [9.17, 15) is 8.63 Å². The highest BCUT2D eigenvalue weighted by Crippen LogP contribution is 2.38. The monoisotopic (exact) mass is 450 g/mol. The maximum absolute atomic E-state index is 14.1. The van der Waals surface area contributed by atoms with E-state index in [-0.39, 0.29) is 0 Å². The van der Waals surface area contributed by atoms with Crippen molar-refractivity contribution in [1.82, 2.24) is 4.48 Å². The number of aromatic nitrogens is 1. The van der Waals surface area contributed by atoms with Crippen LogP contribution in [0, 0.1) is 13.8 Å². The van der Waals surface area contributed by atoms with Crippen molar-refractivity contribution in [3.8, 4) is 0 Å². The van der Waals surface area contributed by atoms with Gasteiger partial charge in [-0.05, 0) is 89.7 Å². The number of halogens is 2. The largest absolute Gasteiger partial charge is 0.677 e. The number of rotatable bonds is 4. The molecule has 1 saturated heterocycles. The van der Waals surface area contributed by atoms with Crippen molar-refractivity contribution in [2.45, 2.75) is 66.6 Å². The van der Waals surface area contributed by atoms with E-state index < -0.39 is 25.7 Å². The second kappa shape index (κ2) is 8.10. The summed E-state index contributed by atoms with van der Waals surface area (Å²) < 4.78 is 41.7. The number of aliphatic imine (C=N–C) groups is 1. The molecule has 1 aromatic carbocycles. The molecule has 0 aliphatic carbocycles. The van der Waals surface area contributed by atoms with Gasteiger partial charge in [0.15, 0.2) is 0 Å². The van der Waals surface area contributed by atoms with Gasteiger partial charge in [0, 0.05) is 22.7 Å². The summed E-state index contributed by atoms with van der Waals surface area (Å²) in [4.78, 5) is 4.71. The Kier molecular flexibility index (Phi) is 5.82. The van der Waals surface area contributed by atoms with Crippen molar-refractivity contribution in [3.05, 3.63) is 70.2 Å². The smallest absolute Gasteiger partial charge is 0.399 e. The third-order valence-electron chi connectivity index (χ3n) is 6.90. The number of hydrogen-bond acceptors (Lipinski definition) is 3. The molecule has 33 heavy (non-hydrogen) atoms. The van der Waals surface area contributed by atoms with E-state index in [0.29, 0.717) is 17.0 Å². The number of allylic oxidation sites excluding steroid dienone is 2. The molecule has 0 bridgehead atoms. The molecule has 172 valence electrons. The standard InChI is InChI=1S/C25H30B2F2N2O2/c1-15-13-17(3)30-22(15)21(23-16(2)14-18(4)31(23)27(28)29)19-9-11-20(12-10-19)26-32-24(5,6)25(7,8)33-26/h9-14H,1-8H3/b22-21-. The van der Waals surface area contributed by atoms with Crippen molar-refractivity contribution in [2.75, 3.05) is 0 Å². The minimum absolute atomic E-state index is 0.436. The van der Waals surface area contributed by atoms with Crippen LogP contribution in [-0.2, 0) is 9.31 Å². The average Bonchev–Trinajstić information content (AvgIpc) is 3.26. The fraction of sp³-hybridized carbons (Fsp3) is 0.400. The first-order valence-electron chi connectivity index (χ1n) is 11.2. The summed E-state index contributed by atoms with van der Waals surface area (Å²) in [7, 11) is -3.13. The van der Waals surface area contributed by atoms with E-state index in [1.807, 2.05) is 78.8 Å². The van der Waals surface area contributed by atoms with Crippen LogP contribution < -0.4 is 5.46 Å². The van der Waals surface area contributed by atoms with E-state index in [4.69, 9.17) is 14.3 Å². The Bertz CT molecular complexity index is 1180. The van der Waals surface area contributed by atoms with Gasteiger partial charge in [-0.2, -0.15) is 0 Å². The average molecular weight is 450 g/mol. The lowest BCUT2D eigenvalue weighted by molar-refractivity contribution is 0.00578. The van der Waals surface area contributed by atoms with Crippen LogP contribution in [0.25, 0.3) is 5.57 Å². The lowest BCUT2D eigenvalue weighted by atomic mass is 9.78. The normalized spacial score (nSPS) is 20.7. The summed E-state index contributed by atoms with van der Waals surface area (Å²) in [6, 6.07) is 9.57. The van der Waals surface area contributed by atoms with Crippen LogP contribution in [0.1, 0.15) is 64.1 Å². The third kappa shape index (κ3) is 4.04. The summed E-state index contributed by atoms with van der Waals surface area (Å²) in [5.41, 5.74) is 5.87. The van der Waals surface area contributed by atoms with Gasteiger partial charge in [0.25, 0.3) is 0 Å². The van der Waals surface area contributed by atoms with Gasteiger partial charge in [-0.25, -0.2) is 0 Å². The number of nitrogens with zero attached hydrogens (tertiary/aromatic N) is 2. The quantitative estimate of drug-likeness (QED) is 0.589. The SMILES string of the molecule is CC1=CC(C)=N/C1=C(/c1ccc(B2OC(C)(C)C(C)(C)O2)cc1)c1c(C)cc(C)n1B(F)F. The zero-order valence-electron chi connectivity index (χ0n) is 20.6. The molecule has 2 aliphatic heterocycles. The van der Waals surface area contributed by atoms with Crippen LogP contribution in [0.5, 0.6) is 0 Å². The highest BCUT2D eigenvalue weighted by Gasteiger charge is 2.51. The summed E-state index contributed by atoms with van der Waals surface area (Å²) >= 11 is 0. The molecule has 4 rings (SSSR count). The Morgan fingerprint density at radius 2 is 1.55 bits per heavy atom. The highest BCUT2D eigenvalue weighted by atomic mass is 19.2. The summed E-state index contributed by atoms with van der Waals surface area (Å²) in [6.07, 6.45) is 1.98. The maximum atomic E-state index is 14.1. The molecule has 0 radical (unpaired) electrons. The predicted molar refractivity (Wildman–Crippen MR) is 132 cm³/mol. The first-order valence-corrected chi connectivity index (χ1v) is 11.2.